The summed E-state index contributed by atoms with van der Waals surface area (Å²) in [6.45, 7) is 1.36. The maximum absolute atomic E-state index is 13.5. The van der Waals surface area contributed by atoms with Gasteiger partial charge in [0.1, 0.15) is 11.8 Å². The van der Waals surface area contributed by atoms with Gasteiger partial charge >= 0.3 is 6.18 Å². The lowest BCUT2D eigenvalue weighted by Gasteiger charge is -2.21. The lowest BCUT2D eigenvalue weighted by Crippen LogP contribution is -2.41. The molecule has 146 valence electrons. The molecule has 1 aliphatic heterocycles. The smallest absolute Gasteiger partial charge is 0.336 e. The molecule has 0 saturated carbocycles. The Hall–Kier alpha value is -3.16. The number of ketones is 1. The number of benzene rings is 2. The van der Waals surface area contributed by atoms with Gasteiger partial charge in [0.2, 0.25) is 0 Å². The van der Waals surface area contributed by atoms with Gasteiger partial charge in [0.15, 0.2) is 11.8 Å². The molecule has 2 aromatic rings. The van der Waals surface area contributed by atoms with Gasteiger partial charge < -0.3 is 5.32 Å². The number of amides is 1. The van der Waals surface area contributed by atoms with E-state index in [2.05, 4.69) is 5.10 Å². The Bertz CT molecular complexity index is 883. The summed E-state index contributed by atoms with van der Waals surface area (Å²) in [5, 5.41) is 7.53. The topological polar surface area (TPSA) is 61.8 Å². The molecule has 0 fully saturated rings. The Morgan fingerprint density at radius 3 is 2.18 bits per heavy atom. The van der Waals surface area contributed by atoms with Crippen molar-refractivity contribution in [3.05, 3.63) is 66.2 Å². The van der Waals surface area contributed by atoms with Gasteiger partial charge in [0, 0.05) is 6.42 Å². The quantitative estimate of drug-likeness (QED) is 0.850. The molecule has 2 aromatic carbocycles. The van der Waals surface area contributed by atoms with Crippen molar-refractivity contribution in [3.63, 3.8) is 0 Å². The van der Waals surface area contributed by atoms with Crippen molar-refractivity contribution in [2.45, 2.75) is 31.6 Å². The number of anilines is 1. The van der Waals surface area contributed by atoms with E-state index in [1.807, 2.05) is 5.32 Å². The van der Waals surface area contributed by atoms with Crippen LogP contribution >= 0.6 is 0 Å². The lowest BCUT2D eigenvalue weighted by atomic mass is 10.0. The molecule has 1 heterocycles. The van der Waals surface area contributed by atoms with Crippen molar-refractivity contribution >= 4 is 23.1 Å². The minimum atomic E-state index is -4.67. The van der Waals surface area contributed by atoms with Gasteiger partial charge in [-0.1, -0.05) is 48.5 Å². The molecule has 0 spiro atoms. The van der Waals surface area contributed by atoms with Gasteiger partial charge in [0.05, 0.1) is 5.69 Å². The number of Topliss-reactive ketones (excluding diaryl/α,β-unsaturated/α-hetero) is 1. The number of hydrazone groups is 1. The van der Waals surface area contributed by atoms with E-state index in [0.29, 0.717) is 5.69 Å². The molecule has 1 N–H and O–H groups in total. The summed E-state index contributed by atoms with van der Waals surface area (Å²) in [6.07, 6.45) is -4.73. The highest BCUT2D eigenvalue weighted by Gasteiger charge is 2.43. The second-order valence-electron chi connectivity index (χ2n) is 6.42. The van der Waals surface area contributed by atoms with E-state index >= 15 is 0 Å². The number of carbonyl (C=O) groups is 2. The maximum Gasteiger partial charge on any atom is 0.412 e. The second kappa shape index (κ2) is 7.84. The van der Waals surface area contributed by atoms with Gasteiger partial charge in [-0.15, -0.1) is 0 Å². The molecule has 0 aliphatic carbocycles. The van der Waals surface area contributed by atoms with Crippen molar-refractivity contribution in [1.82, 2.24) is 5.32 Å². The van der Waals surface area contributed by atoms with E-state index in [1.54, 1.807) is 36.4 Å². The number of alkyl halides is 3. The second-order valence-corrected chi connectivity index (χ2v) is 6.42. The van der Waals surface area contributed by atoms with Gasteiger partial charge in [-0.3, -0.25) is 14.6 Å². The number of carbonyl (C=O) groups excluding carboxylic acids is 2. The van der Waals surface area contributed by atoms with Crippen LogP contribution in [-0.2, 0) is 9.59 Å². The SMILES string of the molecule is CC(=O)C1CC(C(=O)NC(c2ccccc2)C(F)(F)F)=NN1c1ccccc1. The number of halogens is 3. The van der Waals surface area contributed by atoms with Crippen LogP contribution in [0, 0.1) is 0 Å². The fourth-order valence-electron chi connectivity index (χ4n) is 3.00. The Morgan fingerprint density at radius 1 is 1.07 bits per heavy atom. The van der Waals surface area contributed by atoms with E-state index in [0.717, 1.165) is 0 Å². The molecule has 0 radical (unpaired) electrons. The summed E-state index contributed by atoms with van der Waals surface area (Å²) in [4.78, 5) is 24.5. The number of nitrogens with one attached hydrogen (secondary N) is 1. The van der Waals surface area contributed by atoms with Crippen LogP contribution in [0.3, 0.4) is 0 Å². The standard InChI is InChI=1S/C20H18F3N3O2/c1-13(27)17-12-16(25-26(17)15-10-6-3-7-11-15)19(28)24-18(20(21,22)23)14-8-4-2-5-9-14/h2-11,17-18H,12H2,1H3,(H,24,28). The number of hydrogen-bond donors (Lipinski definition) is 1. The first-order chi connectivity index (χ1) is 13.3. The first-order valence-electron chi connectivity index (χ1n) is 8.62. The van der Waals surface area contributed by atoms with Gasteiger partial charge in [-0.2, -0.15) is 18.3 Å². The highest BCUT2D eigenvalue weighted by Crippen LogP contribution is 2.33. The summed E-state index contributed by atoms with van der Waals surface area (Å²) >= 11 is 0. The van der Waals surface area contributed by atoms with Crippen LogP contribution in [0.25, 0.3) is 0 Å². The zero-order valence-electron chi connectivity index (χ0n) is 15.0. The minimum absolute atomic E-state index is 0.0601. The number of rotatable bonds is 5. The first-order valence-corrected chi connectivity index (χ1v) is 8.62. The zero-order chi connectivity index (χ0) is 20.3. The predicted octanol–water partition coefficient (Wildman–Crippen LogP) is 3.63. The molecular formula is C20H18F3N3O2. The van der Waals surface area contributed by atoms with Crippen molar-refractivity contribution in [3.8, 4) is 0 Å². The normalized spacial score (nSPS) is 17.8. The molecule has 0 bridgehead atoms. The predicted molar refractivity (Wildman–Crippen MR) is 98.8 cm³/mol. The third kappa shape index (κ3) is 4.21. The summed E-state index contributed by atoms with van der Waals surface area (Å²) in [5.41, 5.74) is 0.389. The molecule has 1 amide bonds. The third-order valence-electron chi connectivity index (χ3n) is 4.40. The lowest BCUT2D eigenvalue weighted by molar-refractivity contribution is -0.161. The van der Waals surface area contributed by atoms with E-state index in [9.17, 15) is 22.8 Å². The molecule has 1 aliphatic rings. The molecular weight excluding hydrogens is 371 g/mol. The molecule has 5 nitrogen and oxygen atoms in total. The summed E-state index contributed by atoms with van der Waals surface area (Å²) in [5.74, 6) is -1.18. The Morgan fingerprint density at radius 2 is 1.64 bits per heavy atom. The highest BCUT2D eigenvalue weighted by atomic mass is 19.4. The van der Waals surface area contributed by atoms with Crippen molar-refractivity contribution < 1.29 is 22.8 Å². The van der Waals surface area contributed by atoms with Gasteiger partial charge in [-0.05, 0) is 24.6 Å². The molecule has 8 heteroatoms. The highest BCUT2D eigenvalue weighted by molar-refractivity contribution is 6.40. The third-order valence-corrected chi connectivity index (χ3v) is 4.40. The van der Waals surface area contributed by atoms with Crippen LogP contribution in [0.1, 0.15) is 24.9 Å². The molecule has 2 unspecified atom stereocenters. The molecule has 0 aromatic heterocycles. The van der Waals surface area contributed by atoms with Crippen molar-refractivity contribution in [1.29, 1.82) is 0 Å². The van der Waals surface area contributed by atoms with Gasteiger partial charge in [0.25, 0.3) is 5.91 Å². The van der Waals surface area contributed by atoms with E-state index in [1.165, 1.54) is 36.2 Å². The minimum Gasteiger partial charge on any atom is -0.336 e. The Kier molecular flexibility index (Phi) is 5.48. The zero-order valence-corrected chi connectivity index (χ0v) is 15.0. The van der Waals surface area contributed by atoms with Crippen molar-refractivity contribution in [2.75, 3.05) is 5.01 Å². The van der Waals surface area contributed by atoms with Crippen LogP contribution in [0.5, 0.6) is 0 Å². The summed E-state index contributed by atoms with van der Waals surface area (Å²) < 4.78 is 40.4. The van der Waals surface area contributed by atoms with Crippen LogP contribution in [0.2, 0.25) is 0 Å². The van der Waals surface area contributed by atoms with Crippen LogP contribution in [0.15, 0.2) is 65.8 Å². The average Bonchev–Trinajstić information content (AvgIpc) is 3.12. The number of para-hydroxylation sites is 1. The summed E-state index contributed by atoms with van der Waals surface area (Å²) in [7, 11) is 0. The van der Waals surface area contributed by atoms with Crippen LogP contribution in [0.4, 0.5) is 18.9 Å². The fraction of sp³-hybridized carbons (Fsp3) is 0.250. The maximum atomic E-state index is 13.5. The molecule has 3 rings (SSSR count). The molecule has 0 saturated heterocycles. The Labute approximate surface area is 159 Å². The number of nitrogens with zero attached hydrogens (tertiary/aromatic N) is 2. The first kappa shape index (κ1) is 19.6. The molecule has 2 atom stereocenters. The fourth-order valence-corrected chi connectivity index (χ4v) is 3.00. The van der Waals surface area contributed by atoms with Gasteiger partial charge in [-0.25, -0.2) is 0 Å². The van der Waals surface area contributed by atoms with E-state index in [4.69, 9.17) is 0 Å². The number of hydrogen-bond acceptors (Lipinski definition) is 4. The van der Waals surface area contributed by atoms with Crippen LogP contribution < -0.4 is 10.3 Å². The van der Waals surface area contributed by atoms with E-state index in [-0.39, 0.29) is 23.5 Å². The van der Waals surface area contributed by atoms with E-state index < -0.39 is 24.2 Å². The summed E-state index contributed by atoms with van der Waals surface area (Å²) in [6, 6.07) is 12.9. The average molecular weight is 389 g/mol. The Balaban J connectivity index is 1.86. The monoisotopic (exact) mass is 389 g/mol. The largest absolute Gasteiger partial charge is 0.412 e. The molecule has 28 heavy (non-hydrogen) atoms. The van der Waals surface area contributed by atoms with Crippen molar-refractivity contribution in [2.24, 2.45) is 5.10 Å². The van der Waals surface area contributed by atoms with Crippen LogP contribution in [-0.4, -0.2) is 29.6 Å².